The molecule has 224 valence electrons. The van der Waals surface area contributed by atoms with Crippen LogP contribution in [0.4, 0.5) is 17.6 Å². The van der Waals surface area contributed by atoms with Crippen LogP contribution in [-0.2, 0) is 16.2 Å². The van der Waals surface area contributed by atoms with Crippen LogP contribution in [0.15, 0.2) is 52.5 Å². The Balaban J connectivity index is 1.16. The second-order valence-corrected chi connectivity index (χ2v) is 11.3. The van der Waals surface area contributed by atoms with Crippen molar-refractivity contribution in [2.45, 2.75) is 64.5 Å². The number of carbonyl (C=O) groups excluding carboxylic acids is 1. The molecular formula is C29H31F4N5O3S. The first-order valence-corrected chi connectivity index (χ1v) is 14.5. The molecule has 0 aliphatic carbocycles. The number of halogens is 4. The van der Waals surface area contributed by atoms with Gasteiger partial charge >= 0.3 is 0 Å². The number of aromatic nitrogens is 3. The molecule has 8 nitrogen and oxygen atoms in total. The zero-order valence-corrected chi connectivity index (χ0v) is 24.0. The SMILES string of the molecule is CC(C)=CCOc1ccccc1C1CC(c2csc(C3CCN(C(=O)Cn4nc(C(F)F)cc4C(F)F)CC3)n2)=NO1. The zero-order chi connectivity index (χ0) is 29.8. The Hall–Kier alpha value is -3.74. The van der Waals surface area contributed by atoms with E-state index < -0.39 is 36.7 Å². The van der Waals surface area contributed by atoms with E-state index in [1.165, 1.54) is 16.9 Å². The van der Waals surface area contributed by atoms with E-state index in [4.69, 9.17) is 14.6 Å². The number of hydrogen-bond donors (Lipinski definition) is 0. The van der Waals surface area contributed by atoms with Crippen molar-refractivity contribution in [3.05, 3.63) is 75.0 Å². The number of rotatable bonds is 10. The normalized spacial score (nSPS) is 17.5. The Morgan fingerprint density at radius 1 is 1.17 bits per heavy atom. The minimum atomic E-state index is -3.01. The molecule has 1 saturated heterocycles. The summed E-state index contributed by atoms with van der Waals surface area (Å²) in [6.45, 7) is 4.81. The van der Waals surface area contributed by atoms with E-state index in [1.54, 1.807) is 4.90 Å². The number of nitrogens with zero attached hydrogens (tertiary/aromatic N) is 5. The minimum Gasteiger partial charge on any atom is -0.489 e. The van der Waals surface area contributed by atoms with E-state index in [0.717, 1.165) is 27.7 Å². The van der Waals surface area contributed by atoms with Crippen LogP contribution in [-0.4, -0.2) is 51.0 Å². The molecule has 0 spiro atoms. The number of carbonyl (C=O) groups is 1. The number of benzene rings is 1. The maximum atomic E-state index is 13.3. The van der Waals surface area contributed by atoms with Crippen LogP contribution in [0.25, 0.3) is 0 Å². The highest BCUT2D eigenvalue weighted by Crippen LogP contribution is 2.37. The third-order valence-corrected chi connectivity index (χ3v) is 8.25. The second-order valence-electron chi connectivity index (χ2n) is 10.4. The zero-order valence-electron chi connectivity index (χ0n) is 23.2. The summed E-state index contributed by atoms with van der Waals surface area (Å²) in [5.41, 5.74) is 2.15. The monoisotopic (exact) mass is 605 g/mol. The summed E-state index contributed by atoms with van der Waals surface area (Å²) in [5, 5.41) is 10.7. The molecule has 42 heavy (non-hydrogen) atoms. The summed E-state index contributed by atoms with van der Waals surface area (Å²) in [5.74, 6) is 0.444. The average Bonchev–Trinajstić information content (AvgIpc) is 3.73. The van der Waals surface area contributed by atoms with Gasteiger partial charge in [0.2, 0.25) is 5.91 Å². The lowest BCUT2D eigenvalue weighted by Gasteiger charge is -2.31. The van der Waals surface area contributed by atoms with Crippen molar-refractivity contribution >= 4 is 23.0 Å². The van der Waals surface area contributed by atoms with Gasteiger partial charge in [0.05, 0.1) is 10.7 Å². The van der Waals surface area contributed by atoms with Gasteiger partial charge in [-0.25, -0.2) is 22.5 Å². The van der Waals surface area contributed by atoms with Gasteiger partial charge in [-0.2, -0.15) is 5.10 Å². The van der Waals surface area contributed by atoms with E-state index in [-0.39, 0.29) is 12.0 Å². The molecule has 1 fully saturated rings. The lowest BCUT2D eigenvalue weighted by Crippen LogP contribution is -2.40. The number of likely N-dealkylation sites (tertiary alicyclic amines) is 1. The third-order valence-electron chi connectivity index (χ3n) is 7.24. The van der Waals surface area contributed by atoms with Crippen molar-refractivity contribution in [3.8, 4) is 5.75 Å². The molecule has 1 aromatic carbocycles. The number of ether oxygens (including phenoxy) is 1. The maximum Gasteiger partial charge on any atom is 0.282 e. The van der Waals surface area contributed by atoms with E-state index >= 15 is 0 Å². The van der Waals surface area contributed by atoms with E-state index in [0.29, 0.717) is 49.7 Å². The lowest BCUT2D eigenvalue weighted by atomic mass is 9.97. The maximum absolute atomic E-state index is 13.3. The van der Waals surface area contributed by atoms with E-state index in [9.17, 15) is 22.4 Å². The molecule has 4 heterocycles. The van der Waals surface area contributed by atoms with E-state index in [1.807, 2.05) is 49.6 Å². The first-order valence-electron chi connectivity index (χ1n) is 13.6. The van der Waals surface area contributed by atoms with Crippen molar-refractivity contribution in [2.75, 3.05) is 19.7 Å². The largest absolute Gasteiger partial charge is 0.489 e. The summed E-state index contributed by atoms with van der Waals surface area (Å²) < 4.78 is 59.1. The molecule has 13 heteroatoms. The number of hydrogen-bond acceptors (Lipinski definition) is 7. The molecule has 0 saturated carbocycles. The Morgan fingerprint density at radius 2 is 1.93 bits per heavy atom. The van der Waals surface area contributed by atoms with Gasteiger partial charge in [-0.05, 0) is 44.9 Å². The number of alkyl halides is 4. The summed E-state index contributed by atoms with van der Waals surface area (Å²) in [7, 11) is 0. The molecule has 1 unspecified atom stereocenters. The molecule has 0 radical (unpaired) electrons. The fourth-order valence-electron chi connectivity index (χ4n) is 4.94. The van der Waals surface area contributed by atoms with Crippen molar-refractivity contribution < 1.29 is 31.9 Å². The Kier molecular flexibility index (Phi) is 9.24. The van der Waals surface area contributed by atoms with Gasteiger partial charge in [-0.15, -0.1) is 11.3 Å². The van der Waals surface area contributed by atoms with Crippen molar-refractivity contribution in [1.82, 2.24) is 19.7 Å². The number of amides is 1. The third kappa shape index (κ3) is 6.83. The molecule has 2 aliphatic heterocycles. The van der Waals surface area contributed by atoms with E-state index in [2.05, 4.69) is 10.3 Å². The summed E-state index contributed by atoms with van der Waals surface area (Å²) in [4.78, 5) is 24.9. The van der Waals surface area contributed by atoms with Crippen LogP contribution in [0.2, 0.25) is 0 Å². The highest BCUT2D eigenvalue weighted by atomic mass is 32.1. The second kappa shape index (κ2) is 13.1. The van der Waals surface area contributed by atoms with Crippen LogP contribution in [0.5, 0.6) is 5.75 Å². The lowest BCUT2D eigenvalue weighted by molar-refractivity contribution is -0.133. The fraction of sp³-hybridized carbons (Fsp3) is 0.448. The highest BCUT2D eigenvalue weighted by Gasteiger charge is 2.31. The summed E-state index contributed by atoms with van der Waals surface area (Å²) >= 11 is 1.53. The number of allylic oxidation sites excluding steroid dienone is 1. The summed E-state index contributed by atoms with van der Waals surface area (Å²) in [6.07, 6.45) is -2.43. The predicted octanol–water partition coefficient (Wildman–Crippen LogP) is 6.83. The number of piperidine rings is 1. The predicted molar refractivity (Wildman–Crippen MR) is 149 cm³/mol. The highest BCUT2D eigenvalue weighted by molar-refractivity contribution is 7.10. The van der Waals surface area contributed by atoms with Crippen LogP contribution in [0.1, 0.15) is 85.6 Å². The van der Waals surface area contributed by atoms with Gasteiger partial charge in [0.25, 0.3) is 12.9 Å². The Bertz CT molecular complexity index is 1460. The van der Waals surface area contributed by atoms with Gasteiger partial charge in [0, 0.05) is 36.4 Å². The molecule has 2 aliphatic rings. The van der Waals surface area contributed by atoms with Crippen molar-refractivity contribution in [3.63, 3.8) is 0 Å². The Morgan fingerprint density at radius 3 is 2.64 bits per heavy atom. The number of oxime groups is 1. The average molecular weight is 606 g/mol. The van der Waals surface area contributed by atoms with Crippen molar-refractivity contribution in [1.29, 1.82) is 0 Å². The van der Waals surface area contributed by atoms with Crippen LogP contribution < -0.4 is 4.74 Å². The van der Waals surface area contributed by atoms with Gasteiger partial charge in [0.15, 0.2) is 6.10 Å². The smallest absolute Gasteiger partial charge is 0.282 e. The molecule has 5 rings (SSSR count). The standard InChI is InChI=1S/C29H31F4N5O3S/c1-17(2)9-12-40-24-6-4-3-5-19(24)25-14-20(36-41-25)22-16-42-29(34-22)18-7-10-37(11-8-18)26(39)15-38-23(28(32)33)13-21(35-38)27(30)31/h3-6,9,13,16,18,25,27-28H,7-8,10-12,14-15H2,1-2H3. The van der Waals surface area contributed by atoms with Gasteiger partial charge in [-0.3, -0.25) is 9.48 Å². The molecule has 0 bridgehead atoms. The molecule has 0 N–H and O–H groups in total. The number of para-hydroxylation sites is 1. The molecule has 1 amide bonds. The van der Waals surface area contributed by atoms with Crippen LogP contribution >= 0.6 is 11.3 Å². The first-order chi connectivity index (χ1) is 20.2. The van der Waals surface area contributed by atoms with Gasteiger partial charge < -0.3 is 14.5 Å². The summed E-state index contributed by atoms with van der Waals surface area (Å²) in [6, 6.07) is 8.40. The molecule has 1 atom stereocenters. The minimum absolute atomic E-state index is 0.127. The van der Waals surface area contributed by atoms with Crippen LogP contribution in [0, 0.1) is 0 Å². The first kappa shape index (κ1) is 29.7. The molecule has 2 aromatic heterocycles. The quantitative estimate of drug-likeness (QED) is 0.187. The fourth-order valence-corrected chi connectivity index (χ4v) is 5.94. The topological polar surface area (TPSA) is 81.8 Å². The van der Waals surface area contributed by atoms with Gasteiger partial charge in [0.1, 0.15) is 36.0 Å². The van der Waals surface area contributed by atoms with Gasteiger partial charge in [-0.1, -0.05) is 28.9 Å². The molecule has 3 aromatic rings. The van der Waals surface area contributed by atoms with Crippen LogP contribution in [0.3, 0.4) is 0 Å². The number of thiazole rings is 1. The Labute approximate surface area is 244 Å². The molecular weight excluding hydrogens is 574 g/mol. The van der Waals surface area contributed by atoms with Crippen molar-refractivity contribution in [2.24, 2.45) is 5.16 Å².